The second-order valence-electron chi connectivity index (χ2n) is 9.41. The maximum atomic E-state index is 13.0. The minimum absolute atomic E-state index is 0.0740. The number of para-hydroxylation sites is 1. The quantitative estimate of drug-likeness (QED) is 0.0503. The van der Waals surface area contributed by atoms with E-state index < -0.39 is 72.6 Å². The van der Waals surface area contributed by atoms with Crippen molar-refractivity contribution >= 4 is 52.4 Å². The average Bonchev–Trinajstić information content (AvgIpc) is 3.31. The standard InChI is InChI=1S/C25H35N9O8/c26-14(8-12-11-31-15-5-2-1-4-13(12)15)21(38)33-17(9-19(27)35)22(39)34-18(10-20(36)37)23(40)32-16(24(41)42)6-3-7-30-25(28)29/h1-2,4-5,11,14,16-18,31H,3,6-10,26H2,(H2,27,35)(H,32,40)(H,33,38)(H,34,39)(H,36,37)(H,41,42)(H4,28,29,30). The van der Waals surface area contributed by atoms with Crippen LogP contribution in [0.25, 0.3) is 10.9 Å². The lowest BCUT2D eigenvalue weighted by molar-refractivity contribution is -0.144. The Morgan fingerprint density at radius 3 is 2.05 bits per heavy atom. The van der Waals surface area contributed by atoms with E-state index >= 15 is 0 Å². The SMILES string of the molecule is NC(=O)CC(NC(=O)C(N)Cc1c[nH]c2ccccc12)C(=O)NC(CC(=O)O)C(=O)NC(CCCN=C(N)N)C(=O)O. The summed E-state index contributed by atoms with van der Waals surface area (Å²) < 4.78 is 0. The molecule has 42 heavy (non-hydrogen) atoms. The summed E-state index contributed by atoms with van der Waals surface area (Å²) >= 11 is 0. The second-order valence-corrected chi connectivity index (χ2v) is 9.41. The van der Waals surface area contributed by atoms with Crippen LogP contribution in [0.2, 0.25) is 0 Å². The van der Waals surface area contributed by atoms with E-state index in [9.17, 15) is 39.0 Å². The maximum Gasteiger partial charge on any atom is 0.326 e. The van der Waals surface area contributed by atoms with Crippen molar-refractivity contribution in [2.45, 2.75) is 56.3 Å². The molecule has 0 radical (unpaired) electrons. The number of guanidine groups is 1. The molecule has 0 saturated heterocycles. The highest BCUT2D eigenvalue weighted by Crippen LogP contribution is 2.18. The van der Waals surface area contributed by atoms with Crippen molar-refractivity contribution in [2.24, 2.45) is 27.9 Å². The van der Waals surface area contributed by atoms with Crippen LogP contribution in [0.15, 0.2) is 35.5 Å². The lowest BCUT2D eigenvalue weighted by Crippen LogP contribution is -2.58. The van der Waals surface area contributed by atoms with Crippen LogP contribution in [0.4, 0.5) is 0 Å². The van der Waals surface area contributed by atoms with E-state index in [0.29, 0.717) is 0 Å². The Bertz CT molecular complexity index is 1340. The Hall–Kier alpha value is -5.19. The number of nitrogens with two attached hydrogens (primary N) is 4. The number of nitrogens with one attached hydrogen (secondary N) is 4. The first kappa shape index (κ1) is 33.0. The number of aromatic nitrogens is 1. The Balaban J connectivity index is 2.11. The molecule has 1 heterocycles. The number of H-pyrrole nitrogens is 1. The third-order valence-corrected chi connectivity index (χ3v) is 6.06. The van der Waals surface area contributed by atoms with E-state index in [1.54, 1.807) is 6.20 Å². The molecule has 4 amide bonds. The summed E-state index contributed by atoms with van der Waals surface area (Å²) in [6.45, 7) is 0.0776. The van der Waals surface area contributed by atoms with Gasteiger partial charge in [-0.05, 0) is 30.9 Å². The van der Waals surface area contributed by atoms with Crippen molar-refractivity contribution in [3.63, 3.8) is 0 Å². The smallest absolute Gasteiger partial charge is 0.326 e. The van der Waals surface area contributed by atoms with Gasteiger partial charge in [-0.2, -0.15) is 0 Å². The molecule has 1 aromatic carbocycles. The summed E-state index contributed by atoms with van der Waals surface area (Å²) in [4.78, 5) is 80.1. The molecular formula is C25H35N9O8. The lowest BCUT2D eigenvalue weighted by atomic mass is 10.0. The van der Waals surface area contributed by atoms with Crippen LogP contribution >= 0.6 is 0 Å². The summed E-state index contributed by atoms with van der Waals surface area (Å²) in [5.41, 5.74) is 23.3. The second kappa shape index (κ2) is 15.6. The fraction of sp³-hybridized carbons (Fsp3) is 0.400. The Kier molecular flexibility index (Phi) is 12.2. The van der Waals surface area contributed by atoms with E-state index in [-0.39, 0.29) is 31.8 Å². The molecule has 0 aliphatic heterocycles. The van der Waals surface area contributed by atoms with Gasteiger partial charge in [0, 0.05) is 23.6 Å². The number of benzene rings is 1. The van der Waals surface area contributed by atoms with Crippen molar-refractivity contribution in [1.29, 1.82) is 0 Å². The number of aliphatic imine (C=N–C) groups is 1. The Morgan fingerprint density at radius 1 is 0.857 bits per heavy atom. The van der Waals surface area contributed by atoms with Gasteiger partial charge in [-0.1, -0.05) is 18.2 Å². The molecule has 0 aliphatic rings. The molecule has 17 nitrogen and oxygen atoms in total. The zero-order valence-electron chi connectivity index (χ0n) is 22.5. The molecule has 1 aromatic heterocycles. The molecule has 2 rings (SSSR count). The third-order valence-electron chi connectivity index (χ3n) is 6.06. The van der Waals surface area contributed by atoms with Gasteiger partial charge in [0.05, 0.1) is 18.9 Å². The number of aromatic amines is 1. The predicted octanol–water partition coefficient (Wildman–Crippen LogP) is -3.02. The minimum atomic E-state index is -1.76. The highest BCUT2D eigenvalue weighted by atomic mass is 16.4. The molecule has 0 saturated carbocycles. The molecule has 0 bridgehead atoms. The van der Waals surface area contributed by atoms with Crippen molar-refractivity contribution in [2.75, 3.05) is 6.54 Å². The number of rotatable bonds is 17. The zero-order valence-corrected chi connectivity index (χ0v) is 22.5. The topological polar surface area (TPSA) is 311 Å². The zero-order chi connectivity index (χ0) is 31.4. The van der Waals surface area contributed by atoms with Crippen molar-refractivity contribution in [3.05, 3.63) is 36.0 Å². The summed E-state index contributed by atoms with van der Waals surface area (Å²) in [6.07, 6.45) is 0.184. The van der Waals surface area contributed by atoms with Crippen LogP contribution < -0.4 is 38.9 Å². The van der Waals surface area contributed by atoms with Gasteiger partial charge in [0.15, 0.2) is 5.96 Å². The first-order valence-electron chi connectivity index (χ1n) is 12.8. The number of carboxylic acid groups (broad SMARTS) is 2. The highest BCUT2D eigenvalue weighted by Gasteiger charge is 2.32. The van der Waals surface area contributed by atoms with Gasteiger partial charge in [0.1, 0.15) is 18.1 Å². The highest BCUT2D eigenvalue weighted by molar-refractivity contribution is 5.97. The number of primary amides is 1. The van der Waals surface area contributed by atoms with Gasteiger partial charge in [0.25, 0.3) is 0 Å². The number of hydrogen-bond acceptors (Lipinski definition) is 8. The minimum Gasteiger partial charge on any atom is -0.481 e. The van der Waals surface area contributed by atoms with Crippen LogP contribution in [0.3, 0.4) is 0 Å². The summed E-state index contributed by atoms with van der Waals surface area (Å²) in [7, 11) is 0. The van der Waals surface area contributed by atoms with Gasteiger partial charge >= 0.3 is 11.9 Å². The number of amides is 4. The largest absolute Gasteiger partial charge is 0.481 e. The number of nitrogens with zero attached hydrogens (tertiary/aromatic N) is 1. The molecule has 4 atom stereocenters. The molecule has 0 aliphatic carbocycles. The monoisotopic (exact) mass is 589 g/mol. The summed E-state index contributed by atoms with van der Waals surface area (Å²) in [6, 6.07) is 1.34. The summed E-state index contributed by atoms with van der Waals surface area (Å²) in [5.74, 6) is -7.14. The van der Waals surface area contributed by atoms with E-state index in [1.165, 1.54) is 0 Å². The molecule has 228 valence electrons. The lowest BCUT2D eigenvalue weighted by Gasteiger charge is -2.24. The predicted molar refractivity (Wildman–Crippen MR) is 149 cm³/mol. The molecule has 2 aromatic rings. The molecule has 14 N–H and O–H groups in total. The van der Waals surface area contributed by atoms with Crippen LogP contribution in [-0.4, -0.2) is 87.4 Å². The first-order valence-corrected chi connectivity index (χ1v) is 12.8. The van der Waals surface area contributed by atoms with Crippen molar-refractivity contribution in [3.8, 4) is 0 Å². The van der Waals surface area contributed by atoms with Gasteiger partial charge in [-0.15, -0.1) is 0 Å². The van der Waals surface area contributed by atoms with E-state index in [2.05, 4.69) is 25.9 Å². The van der Waals surface area contributed by atoms with Gasteiger partial charge in [-0.25, -0.2) is 4.79 Å². The van der Waals surface area contributed by atoms with E-state index in [0.717, 1.165) is 16.5 Å². The van der Waals surface area contributed by atoms with Crippen molar-refractivity contribution < 1.29 is 39.0 Å². The Morgan fingerprint density at radius 2 is 1.45 bits per heavy atom. The number of carbonyl (C=O) groups is 6. The number of carbonyl (C=O) groups excluding carboxylic acids is 4. The van der Waals surface area contributed by atoms with Crippen LogP contribution in [0, 0.1) is 0 Å². The van der Waals surface area contributed by atoms with E-state index in [4.69, 9.17) is 22.9 Å². The molecule has 0 fully saturated rings. The van der Waals surface area contributed by atoms with Crippen LogP contribution in [-0.2, 0) is 35.2 Å². The fourth-order valence-corrected chi connectivity index (χ4v) is 4.01. The third kappa shape index (κ3) is 10.4. The summed E-state index contributed by atoms with van der Waals surface area (Å²) in [5, 5.41) is 26.2. The van der Waals surface area contributed by atoms with Gasteiger partial charge in [-0.3, -0.25) is 29.0 Å². The van der Waals surface area contributed by atoms with Gasteiger partial charge in [0.2, 0.25) is 23.6 Å². The molecular weight excluding hydrogens is 554 g/mol. The molecule has 0 spiro atoms. The fourth-order valence-electron chi connectivity index (χ4n) is 4.01. The Labute approximate surface area is 239 Å². The number of fused-ring (bicyclic) bond motifs is 1. The molecule has 4 unspecified atom stereocenters. The average molecular weight is 590 g/mol. The number of hydrogen-bond donors (Lipinski definition) is 10. The van der Waals surface area contributed by atoms with Crippen molar-refractivity contribution in [1.82, 2.24) is 20.9 Å². The first-order chi connectivity index (χ1) is 19.8. The van der Waals surface area contributed by atoms with Crippen LogP contribution in [0.5, 0.6) is 0 Å². The van der Waals surface area contributed by atoms with E-state index in [1.807, 2.05) is 24.3 Å². The number of aliphatic carboxylic acids is 2. The molecule has 17 heteroatoms. The van der Waals surface area contributed by atoms with Gasteiger partial charge < -0.3 is 54.1 Å². The normalized spacial score (nSPS) is 13.6. The number of carboxylic acids is 2. The van der Waals surface area contributed by atoms with Crippen LogP contribution in [0.1, 0.15) is 31.2 Å². The maximum absolute atomic E-state index is 13.0.